The maximum absolute atomic E-state index is 12.5. The molecule has 3 fully saturated rings. The van der Waals surface area contributed by atoms with E-state index in [9.17, 15) is 14.7 Å². The predicted octanol–water partition coefficient (Wildman–Crippen LogP) is 1.86. The number of likely N-dealkylation sites (tertiary alicyclic amines) is 1. The fraction of sp³-hybridized carbons (Fsp3) is 0.867. The third-order valence-electron chi connectivity index (χ3n) is 5.34. The molecule has 2 saturated carbocycles. The number of aliphatic hydroxyl groups excluding tert-OH is 1. The average molecular weight is 265 g/mol. The Bertz CT molecular complexity index is 387. The van der Waals surface area contributed by atoms with Gasteiger partial charge in [0.15, 0.2) is 0 Å². The number of hydrogen-bond donors (Lipinski definition) is 1. The van der Waals surface area contributed by atoms with Crippen LogP contribution < -0.4 is 0 Å². The summed E-state index contributed by atoms with van der Waals surface area (Å²) in [4.78, 5) is 26.2. The van der Waals surface area contributed by atoms with Gasteiger partial charge >= 0.3 is 0 Å². The summed E-state index contributed by atoms with van der Waals surface area (Å²) in [6, 6.07) is 0. The largest absolute Gasteiger partial charge is 0.393 e. The summed E-state index contributed by atoms with van der Waals surface area (Å²) < 4.78 is 0. The summed E-state index contributed by atoms with van der Waals surface area (Å²) in [5.74, 6) is 0.135. The molecule has 0 radical (unpaired) electrons. The summed E-state index contributed by atoms with van der Waals surface area (Å²) in [5, 5.41) is 10.0. The number of amides is 2. The number of aliphatic hydroxyl groups is 1. The second-order valence-corrected chi connectivity index (χ2v) is 6.59. The maximum Gasteiger partial charge on any atom is 0.235 e. The van der Waals surface area contributed by atoms with Crippen LogP contribution in [0.25, 0.3) is 0 Å². The minimum Gasteiger partial charge on any atom is -0.393 e. The minimum atomic E-state index is -0.364. The topological polar surface area (TPSA) is 57.6 Å². The van der Waals surface area contributed by atoms with Crippen LogP contribution in [0.4, 0.5) is 0 Å². The van der Waals surface area contributed by atoms with E-state index in [0.717, 1.165) is 51.4 Å². The molecular weight excluding hydrogens is 242 g/mol. The van der Waals surface area contributed by atoms with Crippen molar-refractivity contribution in [1.29, 1.82) is 0 Å². The van der Waals surface area contributed by atoms with Gasteiger partial charge in [0.1, 0.15) is 0 Å². The van der Waals surface area contributed by atoms with Crippen molar-refractivity contribution in [3.8, 4) is 0 Å². The molecule has 1 heterocycles. The molecular formula is C15H23NO3. The second kappa shape index (κ2) is 4.89. The molecule has 2 atom stereocenters. The lowest BCUT2D eigenvalue weighted by molar-refractivity contribution is -0.143. The van der Waals surface area contributed by atoms with Crippen LogP contribution in [0, 0.1) is 11.3 Å². The van der Waals surface area contributed by atoms with E-state index < -0.39 is 0 Å². The van der Waals surface area contributed by atoms with Crippen LogP contribution in [0.15, 0.2) is 0 Å². The van der Waals surface area contributed by atoms with Gasteiger partial charge in [0.2, 0.25) is 11.8 Å². The molecule has 4 heteroatoms. The average Bonchev–Trinajstić information content (AvgIpc) is 2.94. The zero-order valence-corrected chi connectivity index (χ0v) is 11.4. The van der Waals surface area contributed by atoms with E-state index in [1.54, 1.807) is 0 Å². The Morgan fingerprint density at radius 3 is 2.47 bits per heavy atom. The number of nitrogens with zero attached hydrogens (tertiary/aromatic N) is 1. The van der Waals surface area contributed by atoms with Crippen molar-refractivity contribution in [2.75, 3.05) is 6.54 Å². The summed E-state index contributed by atoms with van der Waals surface area (Å²) in [5.41, 5.74) is -0.364. The van der Waals surface area contributed by atoms with E-state index in [1.165, 1.54) is 4.90 Å². The molecule has 2 aliphatic carbocycles. The van der Waals surface area contributed by atoms with Crippen molar-refractivity contribution < 1.29 is 14.7 Å². The first-order chi connectivity index (χ1) is 9.12. The van der Waals surface area contributed by atoms with Crippen LogP contribution in [-0.2, 0) is 9.59 Å². The predicted molar refractivity (Wildman–Crippen MR) is 70.2 cm³/mol. The number of hydrogen-bond acceptors (Lipinski definition) is 3. The van der Waals surface area contributed by atoms with Gasteiger partial charge in [-0.1, -0.05) is 25.7 Å². The van der Waals surface area contributed by atoms with Crippen LogP contribution in [0.1, 0.15) is 57.8 Å². The van der Waals surface area contributed by atoms with Gasteiger partial charge < -0.3 is 5.11 Å². The first kappa shape index (κ1) is 13.1. The van der Waals surface area contributed by atoms with E-state index in [4.69, 9.17) is 0 Å². The standard InChI is InChI=1S/C15H23NO3/c17-12-6-2-1-5-11(12)10-16-13(18)9-15(14(16)19)7-3-4-8-15/h11-12,17H,1-10H2. The van der Waals surface area contributed by atoms with Crippen LogP contribution in [-0.4, -0.2) is 34.5 Å². The highest BCUT2D eigenvalue weighted by Gasteiger charge is 2.52. The highest BCUT2D eigenvalue weighted by molar-refractivity contribution is 6.06. The number of carbonyl (C=O) groups excluding carboxylic acids is 2. The molecule has 1 aliphatic heterocycles. The van der Waals surface area contributed by atoms with Crippen molar-refractivity contribution in [2.24, 2.45) is 11.3 Å². The molecule has 3 rings (SSSR count). The molecule has 0 aromatic carbocycles. The summed E-state index contributed by atoms with van der Waals surface area (Å²) in [6.07, 6.45) is 7.87. The van der Waals surface area contributed by atoms with Gasteiger partial charge in [0, 0.05) is 18.9 Å². The van der Waals surface area contributed by atoms with Gasteiger partial charge in [-0.05, 0) is 25.7 Å². The Morgan fingerprint density at radius 2 is 1.79 bits per heavy atom. The third kappa shape index (κ3) is 2.20. The van der Waals surface area contributed by atoms with Gasteiger partial charge in [0.25, 0.3) is 0 Å². The minimum absolute atomic E-state index is 0.00956. The molecule has 2 unspecified atom stereocenters. The Kier molecular flexibility index (Phi) is 3.37. The summed E-state index contributed by atoms with van der Waals surface area (Å²) >= 11 is 0. The van der Waals surface area contributed by atoms with Crippen LogP contribution in [0.5, 0.6) is 0 Å². The lowest BCUT2D eigenvalue weighted by Gasteiger charge is -2.31. The van der Waals surface area contributed by atoms with Gasteiger partial charge in [-0.25, -0.2) is 0 Å². The molecule has 4 nitrogen and oxygen atoms in total. The molecule has 1 spiro atoms. The molecule has 2 amide bonds. The number of carbonyl (C=O) groups is 2. The normalized spacial score (nSPS) is 34.5. The van der Waals surface area contributed by atoms with Crippen molar-refractivity contribution >= 4 is 11.8 Å². The smallest absolute Gasteiger partial charge is 0.235 e. The molecule has 0 bridgehead atoms. The number of rotatable bonds is 2. The fourth-order valence-electron chi connectivity index (χ4n) is 4.12. The highest BCUT2D eigenvalue weighted by atomic mass is 16.3. The van der Waals surface area contributed by atoms with Crippen LogP contribution in [0.2, 0.25) is 0 Å². The monoisotopic (exact) mass is 265 g/mol. The lowest BCUT2D eigenvalue weighted by Crippen LogP contribution is -2.41. The molecule has 3 aliphatic rings. The molecule has 1 saturated heterocycles. The summed E-state index contributed by atoms with van der Waals surface area (Å²) in [7, 11) is 0. The molecule has 19 heavy (non-hydrogen) atoms. The van der Waals surface area contributed by atoms with E-state index in [-0.39, 0.29) is 29.3 Å². The van der Waals surface area contributed by atoms with Gasteiger partial charge in [-0.3, -0.25) is 14.5 Å². The SMILES string of the molecule is O=C1CC2(CCCC2)C(=O)N1CC1CCCCC1O. The van der Waals surface area contributed by atoms with Crippen molar-refractivity contribution in [2.45, 2.75) is 63.9 Å². The Hall–Kier alpha value is -0.900. The van der Waals surface area contributed by atoms with Crippen LogP contribution in [0.3, 0.4) is 0 Å². The van der Waals surface area contributed by atoms with Crippen molar-refractivity contribution in [1.82, 2.24) is 4.90 Å². The Morgan fingerprint density at radius 1 is 1.11 bits per heavy atom. The zero-order valence-electron chi connectivity index (χ0n) is 11.4. The third-order valence-corrected chi connectivity index (χ3v) is 5.34. The van der Waals surface area contributed by atoms with Crippen molar-refractivity contribution in [3.05, 3.63) is 0 Å². The van der Waals surface area contributed by atoms with Gasteiger partial charge in [-0.15, -0.1) is 0 Å². The van der Waals surface area contributed by atoms with E-state index in [1.807, 2.05) is 0 Å². The molecule has 106 valence electrons. The van der Waals surface area contributed by atoms with Crippen LogP contribution >= 0.6 is 0 Å². The van der Waals surface area contributed by atoms with Crippen molar-refractivity contribution in [3.63, 3.8) is 0 Å². The van der Waals surface area contributed by atoms with Gasteiger partial charge in [-0.2, -0.15) is 0 Å². The molecule has 0 aromatic rings. The fourth-order valence-corrected chi connectivity index (χ4v) is 4.12. The number of imide groups is 1. The van der Waals surface area contributed by atoms with E-state index in [2.05, 4.69) is 0 Å². The Balaban J connectivity index is 1.70. The Labute approximate surface area is 114 Å². The highest BCUT2D eigenvalue weighted by Crippen LogP contribution is 2.47. The quantitative estimate of drug-likeness (QED) is 0.775. The van der Waals surface area contributed by atoms with E-state index >= 15 is 0 Å². The summed E-state index contributed by atoms with van der Waals surface area (Å²) in [6.45, 7) is 0.445. The maximum atomic E-state index is 12.5. The zero-order chi connectivity index (χ0) is 13.5. The first-order valence-corrected chi connectivity index (χ1v) is 7.65. The first-order valence-electron chi connectivity index (χ1n) is 7.65. The van der Waals surface area contributed by atoms with E-state index in [0.29, 0.717) is 13.0 Å². The second-order valence-electron chi connectivity index (χ2n) is 6.59. The van der Waals surface area contributed by atoms with Gasteiger partial charge in [0.05, 0.1) is 11.5 Å². The molecule has 0 aromatic heterocycles. The molecule has 1 N–H and O–H groups in total. The lowest BCUT2D eigenvalue weighted by atomic mass is 9.84.